The van der Waals surface area contributed by atoms with Crippen LogP contribution in [-0.4, -0.2) is 39.9 Å². The summed E-state index contributed by atoms with van der Waals surface area (Å²) in [6, 6.07) is 8.10. The third kappa shape index (κ3) is 6.25. The topological polar surface area (TPSA) is 103 Å². The first-order valence-electron chi connectivity index (χ1n) is 13.9. The Balaban J connectivity index is 1.59. The van der Waals surface area contributed by atoms with Crippen molar-refractivity contribution >= 4 is 17.6 Å². The van der Waals surface area contributed by atoms with Gasteiger partial charge in [0.25, 0.3) is 0 Å². The van der Waals surface area contributed by atoms with Gasteiger partial charge in [0.2, 0.25) is 0 Å². The Morgan fingerprint density at radius 3 is 2.69 bits per heavy atom. The molecule has 4 rings (SSSR count). The predicted molar refractivity (Wildman–Crippen MR) is 152 cm³/mol. The molecule has 2 aromatic rings. The lowest BCUT2D eigenvalue weighted by Gasteiger charge is -2.47. The Kier molecular flexibility index (Phi) is 8.04. The minimum absolute atomic E-state index is 0.0385. The first kappa shape index (κ1) is 28.6. The summed E-state index contributed by atoms with van der Waals surface area (Å²) in [7, 11) is 0. The number of aliphatic hydroxyl groups is 1. The van der Waals surface area contributed by atoms with Crippen molar-refractivity contribution in [1.82, 2.24) is 9.97 Å². The highest BCUT2D eigenvalue weighted by Gasteiger charge is 2.53. The van der Waals surface area contributed by atoms with E-state index in [9.17, 15) is 15.2 Å². The van der Waals surface area contributed by atoms with Crippen LogP contribution >= 0.6 is 0 Å². The van der Waals surface area contributed by atoms with Gasteiger partial charge in [-0.2, -0.15) is 5.26 Å². The molecular formula is C31H41N5O3. The van der Waals surface area contributed by atoms with Gasteiger partial charge in [0.15, 0.2) is 5.82 Å². The van der Waals surface area contributed by atoms with Crippen LogP contribution < -0.4 is 9.80 Å². The highest BCUT2D eigenvalue weighted by molar-refractivity contribution is 5.89. The molecular weight excluding hydrogens is 490 g/mol. The molecule has 2 heterocycles. The van der Waals surface area contributed by atoms with Gasteiger partial charge in [-0.05, 0) is 75.5 Å². The fraction of sp³-hybridized carbons (Fsp3) is 0.548. The van der Waals surface area contributed by atoms with Crippen molar-refractivity contribution in [3.05, 3.63) is 59.7 Å². The number of ether oxygens (including phenoxy) is 1. The van der Waals surface area contributed by atoms with Crippen LogP contribution in [0, 0.1) is 29.6 Å². The number of hydrogen-bond acceptors (Lipinski definition) is 7. The maximum Gasteiger partial charge on any atom is 0.416 e. The van der Waals surface area contributed by atoms with E-state index in [1.54, 1.807) is 18.7 Å². The minimum atomic E-state index is -1.11. The van der Waals surface area contributed by atoms with Crippen LogP contribution in [0.1, 0.15) is 83.5 Å². The zero-order valence-electron chi connectivity index (χ0n) is 24.1. The van der Waals surface area contributed by atoms with Crippen LogP contribution in [-0.2, 0) is 10.3 Å². The fourth-order valence-corrected chi connectivity index (χ4v) is 5.54. The lowest BCUT2D eigenvalue weighted by Crippen LogP contribution is -2.48. The average molecular weight is 532 g/mol. The molecule has 1 saturated heterocycles. The third-order valence-electron chi connectivity index (χ3n) is 8.27. The number of anilines is 2. The smallest absolute Gasteiger partial charge is 0.416 e. The minimum Gasteiger partial charge on any atom is -0.441 e. The van der Waals surface area contributed by atoms with E-state index in [0.717, 1.165) is 49.9 Å². The number of benzene rings is 1. The summed E-state index contributed by atoms with van der Waals surface area (Å²) in [6.45, 7) is 13.3. The zero-order valence-corrected chi connectivity index (χ0v) is 24.1. The van der Waals surface area contributed by atoms with Crippen LogP contribution in [0.2, 0.25) is 0 Å². The molecule has 1 saturated carbocycles. The van der Waals surface area contributed by atoms with E-state index in [4.69, 9.17) is 4.74 Å². The molecule has 8 heteroatoms. The second-order valence-corrected chi connectivity index (χ2v) is 12.3. The molecule has 1 spiro atoms. The molecule has 1 amide bonds. The van der Waals surface area contributed by atoms with Crippen molar-refractivity contribution in [2.24, 2.45) is 11.3 Å². The van der Waals surface area contributed by atoms with Gasteiger partial charge in [-0.3, -0.25) is 9.88 Å². The number of allylic oxidation sites excluding steroid dienone is 1. The van der Waals surface area contributed by atoms with Crippen molar-refractivity contribution in [3.63, 3.8) is 0 Å². The van der Waals surface area contributed by atoms with E-state index in [2.05, 4.69) is 60.9 Å². The molecule has 0 radical (unpaired) electrons. The lowest BCUT2D eigenvalue weighted by atomic mass is 9.63. The number of aryl methyl sites for hydroxylation is 1. The normalized spacial score (nSPS) is 22.8. The van der Waals surface area contributed by atoms with Gasteiger partial charge < -0.3 is 14.7 Å². The van der Waals surface area contributed by atoms with E-state index in [1.165, 1.54) is 12.4 Å². The SMILES string of the molecule is CCC/C=C/N(C[C@@H]1C[C@@]2(CCC1(C)C)CN(c1cnc(C(C)(C)O)cn1)C(=O)O2)c1cc(C#N)ccc1C. The van der Waals surface area contributed by atoms with Crippen molar-refractivity contribution in [3.8, 4) is 6.07 Å². The Morgan fingerprint density at radius 1 is 1.28 bits per heavy atom. The Morgan fingerprint density at radius 2 is 2.05 bits per heavy atom. The predicted octanol–water partition coefficient (Wildman–Crippen LogP) is 6.23. The van der Waals surface area contributed by atoms with E-state index in [0.29, 0.717) is 23.6 Å². The van der Waals surface area contributed by atoms with Gasteiger partial charge in [0, 0.05) is 18.4 Å². The molecule has 2 aliphatic rings. The summed E-state index contributed by atoms with van der Waals surface area (Å²) < 4.78 is 6.11. The quantitative estimate of drug-likeness (QED) is 0.431. The molecule has 39 heavy (non-hydrogen) atoms. The van der Waals surface area contributed by atoms with E-state index >= 15 is 0 Å². The Labute approximate surface area is 232 Å². The van der Waals surface area contributed by atoms with Crippen molar-refractivity contribution in [1.29, 1.82) is 5.26 Å². The maximum absolute atomic E-state index is 13.1. The summed E-state index contributed by atoms with van der Waals surface area (Å²) in [4.78, 5) is 25.7. The number of unbranched alkanes of at least 4 members (excludes halogenated alkanes) is 1. The Bertz CT molecular complexity index is 1260. The van der Waals surface area contributed by atoms with E-state index < -0.39 is 17.3 Å². The van der Waals surface area contributed by atoms with E-state index in [1.807, 2.05) is 18.2 Å². The lowest BCUT2D eigenvalue weighted by molar-refractivity contribution is -0.0346. The summed E-state index contributed by atoms with van der Waals surface area (Å²) in [5.74, 6) is 0.665. The first-order chi connectivity index (χ1) is 18.4. The number of rotatable bonds is 8. The second-order valence-electron chi connectivity index (χ2n) is 12.3. The summed E-state index contributed by atoms with van der Waals surface area (Å²) >= 11 is 0. The monoisotopic (exact) mass is 531 g/mol. The number of carbonyl (C=O) groups excluding carboxylic acids is 1. The van der Waals surface area contributed by atoms with Crippen molar-refractivity contribution in [2.75, 3.05) is 22.9 Å². The fourth-order valence-electron chi connectivity index (χ4n) is 5.54. The highest BCUT2D eigenvalue weighted by atomic mass is 16.6. The molecule has 208 valence electrons. The highest BCUT2D eigenvalue weighted by Crippen LogP contribution is 2.49. The molecule has 1 N–H and O–H groups in total. The van der Waals surface area contributed by atoms with Gasteiger partial charge in [-0.1, -0.05) is 39.3 Å². The maximum atomic E-state index is 13.1. The molecule has 1 aliphatic heterocycles. The van der Waals surface area contributed by atoms with Crippen LogP contribution in [0.4, 0.5) is 16.3 Å². The van der Waals surface area contributed by atoms with Crippen LogP contribution in [0.5, 0.6) is 0 Å². The zero-order chi connectivity index (χ0) is 28.4. The number of hydrogen-bond donors (Lipinski definition) is 1. The number of nitrogens with zero attached hydrogens (tertiary/aromatic N) is 5. The molecule has 1 aromatic heterocycles. The standard InChI is InChI=1S/C31H41N5O3/c1-7-8-9-14-35(25-15-23(17-32)11-10-22(25)2)20-24-16-31(13-12-29(24,3)4)21-36(28(37)39-31)27-19-33-26(18-34-27)30(5,6)38/h9-11,14-15,18-19,24,38H,7-8,12-13,16,20-21H2,1-6H3/b14-9+/t24-,31-/m0/s1. The van der Waals surface area contributed by atoms with Crippen LogP contribution in [0.3, 0.4) is 0 Å². The summed E-state index contributed by atoms with van der Waals surface area (Å²) in [5.41, 5.74) is 1.56. The van der Waals surface area contributed by atoms with Gasteiger partial charge in [0.05, 0.1) is 36.3 Å². The summed E-state index contributed by atoms with van der Waals surface area (Å²) in [6.07, 6.45) is 11.4. The van der Waals surface area contributed by atoms with Crippen LogP contribution in [0.25, 0.3) is 0 Å². The van der Waals surface area contributed by atoms with Gasteiger partial charge in [-0.25, -0.2) is 9.78 Å². The third-order valence-corrected chi connectivity index (χ3v) is 8.27. The summed E-state index contributed by atoms with van der Waals surface area (Å²) in [5, 5.41) is 19.7. The molecule has 8 nitrogen and oxygen atoms in total. The average Bonchev–Trinajstić information content (AvgIpc) is 3.21. The van der Waals surface area contributed by atoms with E-state index in [-0.39, 0.29) is 11.3 Å². The number of amides is 1. The number of aromatic nitrogens is 2. The molecule has 2 fully saturated rings. The molecule has 0 bridgehead atoms. The second kappa shape index (κ2) is 11.0. The Hall–Kier alpha value is -3.44. The molecule has 1 aliphatic carbocycles. The van der Waals surface area contributed by atoms with Crippen molar-refractivity contribution in [2.45, 2.75) is 84.8 Å². The van der Waals surface area contributed by atoms with Crippen LogP contribution in [0.15, 0.2) is 42.9 Å². The molecule has 1 aromatic carbocycles. The molecule has 0 unspecified atom stereocenters. The first-order valence-corrected chi connectivity index (χ1v) is 13.9. The number of nitriles is 1. The van der Waals surface area contributed by atoms with Crippen molar-refractivity contribution < 1.29 is 14.6 Å². The number of carbonyl (C=O) groups is 1. The van der Waals surface area contributed by atoms with Gasteiger partial charge in [-0.15, -0.1) is 0 Å². The largest absolute Gasteiger partial charge is 0.441 e. The van der Waals surface area contributed by atoms with Gasteiger partial charge >= 0.3 is 6.09 Å². The van der Waals surface area contributed by atoms with Gasteiger partial charge in [0.1, 0.15) is 11.2 Å². The molecule has 2 atom stereocenters.